The van der Waals surface area contributed by atoms with Crippen LogP contribution in [0.15, 0.2) is 182 Å². The Hall–Kier alpha value is -3.93. The molecule has 0 heterocycles. The quantitative estimate of drug-likeness (QED) is 0.121. The highest BCUT2D eigenvalue weighted by atomic mass is 28.5. The molecule has 3 nitrogen and oxygen atoms in total. The van der Waals surface area contributed by atoms with E-state index >= 15 is 0 Å². The standard InChI is InChI=1S/C40H42O3Si4/c1-44(2,42-46(35-23-11-5-12-24-35,36-25-13-6-14-26-36)37-27-15-7-16-28-37)41-45(3,4)43-47(38-29-17-8-18-30-38,39-31-19-9-20-32-39)40-33-21-10-22-34-40/h5-34H,1-4H3. The average molecular weight is 683 g/mol. The van der Waals surface area contributed by atoms with Crippen LogP contribution in [0.5, 0.6) is 0 Å². The average Bonchev–Trinajstić information content (AvgIpc) is 3.11. The van der Waals surface area contributed by atoms with Gasteiger partial charge in [-0.2, -0.15) is 0 Å². The summed E-state index contributed by atoms with van der Waals surface area (Å²) in [4.78, 5) is 0. The molecule has 0 spiro atoms. The van der Waals surface area contributed by atoms with Crippen molar-refractivity contribution in [2.75, 3.05) is 0 Å². The second kappa shape index (κ2) is 14.0. The van der Waals surface area contributed by atoms with Crippen molar-refractivity contribution in [2.45, 2.75) is 26.2 Å². The summed E-state index contributed by atoms with van der Waals surface area (Å²) in [6.07, 6.45) is 0. The van der Waals surface area contributed by atoms with E-state index in [0.717, 1.165) is 0 Å². The van der Waals surface area contributed by atoms with Crippen molar-refractivity contribution in [3.63, 3.8) is 0 Å². The third-order valence-electron chi connectivity index (χ3n) is 8.37. The minimum absolute atomic E-state index is 1.20. The fraction of sp³-hybridized carbons (Fsp3) is 0.100. The summed E-state index contributed by atoms with van der Waals surface area (Å²) in [5, 5.41) is 7.19. The van der Waals surface area contributed by atoms with Crippen molar-refractivity contribution >= 4 is 64.9 Å². The van der Waals surface area contributed by atoms with E-state index in [1.165, 1.54) is 31.1 Å². The van der Waals surface area contributed by atoms with E-state index in [-0.39, 0.29) is 0 Å². The Kier molecular flexibility index (Phi) is 9.86. The molecule has 6 aromatic carbocycles. The topological polar surface area (TPSA) is 27.7 Å². The zero-order chi connectivity index (χ0) is 32.8. The van der Waals surface area contributed by atoms with Crippen molar-refractivity contribution in [1.29, 1.82) is 0 Å². The summed E-state index contributed by atoms with van der Waals surface area (Å²) in [6, 6.07) is 64.4. The van der Waals surface area contributed by atoms with Gasteiger partial charge < -0.3 is 12.3 Å². The van der Waals surface area contributed by atoms with E-state index in [1.807, 2.05) is 0 Å². The maximum absolute atomic E-state index is 7.68. The Balaban J connectivity index is 1.46. The zero-order valence-electron chi connectivity index (χ0n) is 27.5. The largest absolute Gasteiger partial charge is 0.426 e. The molecule has 0 unspecified atom stereocenters. The van der Waals surface area contributed by atoms with Crippen LogP contribution in [-0.4, -0.2) is 33.8 Å². The monoisotopic (exact) mass is 682 g/mol. The van der Waals surface area contributed by atoms with Crippen LogP contribution >= 0.6 is 0 Å². The molecule has 0 saturated heterocycles. The van der Waals surface area contributed by atoms with Crippen molar-refractivity contribution < 1.29 is 12.3 Å². The molecule has 0 aliphatic heterocycles. The van der Waals surface area contributed by atoms with Gasteiger partial charge in [0.2, 0.25) is 0 Å². The maximum atomic E-state index is 7.68. The van der Waals surface area contributed by atoms with E-state index < -0.39 is 33.8 Å². The van der Waals surface area contributed by atoms with Crippen LogP contribution in [0.2, 0.25) is 26.2 Å². The summed E-state index contributed by atoms with van der Waals surface area (Å²) in [6.45, 7) is 8.77. The minimum atomic E-state index is -2.99. The normalized spacial score (nSPS) is 12.5. The van der Waals surface area contributed by atoms with Gasteiger partial charge in [0.15, 0.2) is 0 Å². The number of rotatable bonds is 12. The van der Waals surface area contributed by atoms with Gasteiger partial charge in [-0.1, -0.05) is 182 Å². The molecule has 0 amide bonds. The molecule has 6 aromatic rings. The molecule has 0 N–H and O–H groups in total. The highest BCUT2D eigenvalue weighted by molar-refractivity contribution is 7.12. The molecule has 7 heteroatoms. The van der Waals surface area contributed by atoms with Crippen LogP contribution in [0, 0.1) is 0 Å². The SMILES string of the molecule is C[Si](C)(O[Si](C)(C)O[Si](c1ccccc1)(c1ccccc1)c1ccccc1)O[Si](c1ccccc1)(c1ccccc1)c1ccccc1. The lowest BCUT2D eigenvalue weighted by Crippen LogP contribution is -2.75. The first-order chi connectivity index (χ1) is 22.8. The van der Waals surface area contributed by atoms with Crippen LogP contribution < -0.4 is 31.1 Å². The summed E-state index contributed by atoms with van der Waals surface area (Å²) in [5.74, 6) is 0. The Bertz CT molecular complexity index is 1510. The van der Waals surface area contributed by atoms with Gasteiger partial charge in [0.25, 0.3) is 16.6 Å². The summed E-state index contributed by atoms with van der Waals surface area (Å²) in [5.41, 5.74) is 0. The summed E-state index contributed by atoms with van der Waals surface area (Å²) >= 11 is 0. The lowest BCUT2D eigenvalue weighted by atomic mass is 10.3. The lowest BCUT2D eigenvalue weighted by Gasteiger charge is -2.45. The molecule has 0 aliphatic carbocycles. The first-order valence-electron chi connectivity index (χ1n) is 16.2. The van der Waals surface area contributed by atoms with Gasteiger partial charge in [0.1, 0.15) is 0 Å². The molecular weight excluding hydrogens is 641 g/mol. The molecule has 0 atom stereocenters. The van der Waals surface area contributed by atoms with Crippen molar-refractivity contribution in [3.05, 3.63) is 182 Å². The molecule has 0 bridgehead atoms. The van der Waals surface area contributed by atoms with E-state index in [0.29, 0.717) is 0 Å². The molecule has 47 heavy (non-hydrogen) atoms. The molecule has 6 rings (SSSR count). The molecule has 0 aromatic heterocycles. The van der Waals surface area contributed by atoms with Gasteiger partial charge >= 0.3 is 17.1 Å². The first kappa shape index (κ1) is 33.0. The molecule has 0 aliphatic rings. The molecule has 0 radical (unpaired) electrons. The van der Waals surface area contributed by atoms with Gasteiger partial charge in [0.05, 0.1) is 0 Å². The van der Waals surface area contributed by atoms with E-state index in [4.69, 9.17) is 12.3 Å². The molecule has 0 saturated carbocycles. The third-order valence-corrected chi connectivity index (χ3v) is 25.6. The van der Waals surface area contributed by atoms with E-state index in [9.17, 15) is 0 Å². The Morgan fingerprint density at radius 2 is 0.426 bits per heavy atom. The second-order valence-electron chi connectivity index (χ2n) is 12.7. The zero-order valence-corrected chi connectivity index (χ0v) is 31.5. The van der Waals surface area contributed by atoms with Crippen molar-refractivity contribution in [1.82, 2.24) is 0 Å². The maximum Gasteiger partial charge on any atom is 0.313 e. The van der Waals surface area contributed by atoms with Gasteiger partial charge in [-0.05, 0) is 57.3 Å². The van der Waals surface area contributed by atoms with E-state index in [1.54, 1.807) is 0 Å². The fourth-order valence-electron chi connectivity index (χ4n) is 6.76. The van der Waals surface area contributed by atoms with Crippen LogP contribution in [-0.2, 0) is 12.3 Å². The summed E-state index contributed by atoms with van der Waals surface area (Å²) in [7, 11) is -11.8. The Labute approximate surface area is 284 Å². The summed E-state index contributed by atoms with van der Waals surface area (Å²) < 4.78 is 22.7. The van der Waals surface area contributed by atoms with Gasteiger partial charge in [-0.15, -0.1) is 0 Å². The smallest absolute Gasteiger partial charge is 0.313 e. The highest BCUT2D eigenvalue weighted by Crippen LogP contribution is 2.25. The highest BCUT2D eigenvalue weighted by Gasteiger charge is 2.52. The molecular formula is C40H42O3Si4. The second-order valence-corrected chi connectivity index (χ2v) is 26.9. The van der Waals surface area contributed by atoms with Gasteiger partial charge in [-0.3, -0.25) is 0 Å². The molecule has 236 valence electrons. The lowest BCUT2D eigenvalue weighted by molar-refractivity contribution is 0.338. The van der Waals surface area contributed by atoms with Crippen LogP contribution in [0.3, 0.4) is 0 Å². The molecule has 0 fully saturated rings. The van der Waals surface area contributed by atoms with Crippen LogP contribution in [0.4, 0.5) is 0 Å². The van der Waals surface area contributed by atoms with Crippen LogP contribution in [0.25, 0.3) is 0 Å². The predicted octanol–water partition coefficient (Wildman–Crippen LogP) is 5.77. The first-order valence-corrected chi connectivity index (χ1v) is 25.6. The van der Waals surface area contributed by atoms with Gasteiger partial charge in [0, 0.05) is 0 Å². The predicted molar refractivity (Wildman–Crippen MR) is 206 cm³/mol. The minimum Gasteiger partial charge on any atom is -0.426 e. The number of hydrogen-bond donors (Lipinski definition) is 0. The third kappa shape index (κ3) is 7.02. The van der Waals surface area contributed by atoms with Gasteiger partial charge in [-0.25, -0.2) is 0 Å². The number of hydrogen-bond acceptors (Lipinski definition) is 3. The van der Waals surface area contributed by atoms with Crippen molar-refractivity contribution in [2.24, 2.45) is 0 Å². The Morgan fingerprint density at radius 3 is 0.596 bits per heavy atom. The van der Waals surface area contributed by atoms with E-state index in [2.05, 4.69) is 208 Å². The van der Waals surface area contributed by atoms with Crippen LogP contribution in [0.1, 0.15) is 0 Å². The van der Waals surface area contributed by atoms with Crippen molar-refractivity contribution in [3.8, 4) is 0 Å². The fourth-order valence-corrected chi connectivity index (χ4v) is 27.3. The number of benzene rings is 6. The Morgan fingerprint density at radius 1 is 0.255 bits per heavy atom.